The van der Waals surface area contributed by atoms with Crippen LogP contribution in [0.3, 0.4) is 0 Å². The molecule has 4 rings (SSSR count). The van der Waals surface area contributed by atoms with Crippen molar-refractivity contribution in [3.63, 3.8) is 0 Å². The maximum Gasteiger partial charge on any atom is 0.245 e. The second kappa shape index (κ2) is 4.10. The topological polar surface area (TPSA) is 56.4 Å². The predicted octanol–water partition coefficient (Wildman–Crippen LogP) is 1.45. The summed E-state index contributed by atoms with van der Waals surface area (Å²) in [4.78, 5) is 31.5. The van der Waals surface area contributed by atoms with Crippen molar-refractivity contribution < 1.29 is 9.59 Å². The van der Waals surface area contributed by atoms with Gasteiger partial charge in [0.15, 0.2) is 0 Å². The Morgan fingerprint density at radius 1 is 1.24 bits per heavy atom. The first-order valence-corrected chi connectivity index (χ1v) is 7.23. The molecule has 2 amide bonds. The van der Waals surface area contributed by atoms with Crippen molar-refractivity contribution in [3.8, 4) is 0 Å². The van der Waals surface area contributed by atoms with Gasteiger partial charge in [-0.2, -0.15) is 0 Å². The minimum atomic E-state index is -0.363. The standard InChI is InChI=1S/C16H17N3O2/c1-9-15-11(10-5-3-4-6-12(10)17-15)7-13-16(21)18(2)8-14(20)19(9)13/h3-6,9,13,17H,7-8H2,1-2H3/t9-,13-/m0/s1. The Balaban J connectivity index is 1.90. The maximum atomic E-state index is 12.4. The molecule has 108 valence electrons. The molecule has 0 unspecified atom stereocenters. The molecule has 0 radical (unpaired) electrons. The van der Waals surface area contributed by atoms with Gasteiger partial charge >= 0.3 is 0 Å². The van der Waals surface area contributed by atoms with Gasteiger partial charge in [0, 0.05) is 30.1 Å². The van der Waals surface area contributed by atoms with E-state index in [1.54, 1.807) is 11.9 Å². The largest absolute Gasteiger partial charge is 0.356 e. The number of aromatic nitrogens is 1. The Hall–Kier alpha value is -2.30. The van der Waals surface area contributed by atoms with E-state index in [1.165, 1.54) is 10.5 Å². The number of carbonyl (C=O) groups is 2. The molecular weight excluding hydrogens is 266 g/mol. The number of piperazine rings is 1. The number of hydrogen-bond donors (Lipinski definition) is 1. The smallest absolute Gasteiger partial charge is 0.245 e. The summed E-state index contributed by atoms with van der Waals surface area (Å²) in [7, 11) is 1.70. The fourth-order valence-corrected chi connectivity index (χ4v) is 3.71. The number of fused-ring (bicyclic) bond motifs is 4. The molecule has 2 atom stereocenters. The molecule has 2 aliphatic heterocycles. The summed E-state index contributed by atoms with van der Waals surface area (Å²) in [5, 5.41) is 1.16. The van der Waals surface area contributed by atoms with Crippen molar-refractivity contribution in [2.75, 3.05) is 13.6 Å². The van der Waals surface area contributed by atoms with E-state index in [4.69, 9.17) is 0 Å². The lowest BCUT2D eigenvalue weighted by atomic mass is 9.90. The van der Waals surface area contributed by atoms with Gasteiger partial charge < -0.3 is 14.8 Å². The molecule has 0 saturated carbocycles. The molecule has 1 fully saturated rings. The zero-order valence-electron chi connectivity index (χ0n) is 12.1. The van der Waals surface area contributed by atoms with Gasteiger partial charge in [0.1, 0.15) is 6.04 Å². The number of para-hydroxylation sites is 1. The molecule has 0 bridgehead atoms. The Bertz CT molecular complexity index is 764. The summed E-state index contributed by atoms with van der Waals surface area (Å²) >= 11 is 0. The van der Waals surface area contributed by atoms with Crippen LogP contribution in [-0.4, -0.2) is 46.2 Å². The molecule has 1 aromatic carbocycles. The normalized spacial score (nSPS) is 25.2. The summed E-state index contributed by atoms with van der Waals surface area (Å²) in [6.45, 7) is 2.17. The number of nitrogens with zero attached hydrogens (tertiary/aromatic N) is 2. The van der Waals surface area contributed by atoms with Gasteiger partial charge in [-0.1, -0.05) is 18.2 Å². The summed E-state index contributed by atoms with van der Waals surface area (Å²) in [5.41, 5.74) is 3.32. The Kier molecular flexibility index (Phi) is 2.43. The first-order chi connectivity index (χ1) is 10.1. The highest BCUT2D eigenvalue weighted by atomic mass is 16.2. The van der Waals surface area contributed by atoms with Crippen molar-refractivity contribution in [2.24, 2.45) is 0 Å². The van der Waals surface area contributed by atoms with Gasteiger partial charge in [0.05, 0.1) is 12.6 Å². The van der Waals surface area contributed by atoms with E-state index < -0.39 is 0 Å². The van der Waals surface area contributed by atoms with Crippen LogP contribution in [0.5, 0.6) is 0 Å². The summed E-state index contributed by atoms with van der Waals surface area (Å²) < 4.78 is 0. The van der Waals surface area contributed by atoms with E-state index in [-0.39, 0.29) is 30.4 Å². The van der Waals surface area contributed by atoms with Gasteiger partial charge in [-0.3, -0.25) is 9.59 Å². The summed E-state index contributed by atoms with van der Waals surface area (Å²) in [6, 6.07) is 7.66. The molecule has 2 aromatic rings. The second-order valence-electron chi connectivity index (χ2n) is 5.95. The van der Waals surface area contributed by atoms with E-state index >= 15 is 0 Å². The number of H-pyrrole nitrogens is 1. The van der Waals surface area contributed by atoms with E-state index in [2.05, 4.69) is 11.1 Å². The molecule has 5 nitrogen and oxygen atoms in total. The second-order valence-corrected chi connectivity index (χ2v) is 5.95. The SMILES string of the molecule is C[C@H]1c2[nH]c3ccccc3c2C[C@H]2C(=O)N(C)CC(=O)N21. The van der Waals surface area contributed by atoms with Crippen LogP contribution in [0.1, 0.15) is 24.2 Å². The molecule has 1 saturated heterocycles. The number of carbonyl (C=O) groups excluding carboxylic acids is 2. The average molecular weight is 283 g/mol. The summed E-state index contributed by atoms with van der Waals surface area (Å²) in [5.74, 6) is 0.0660. The minimum absolute atomic E-state index is 0.0268. The molecule has 0 spiro atoms. The van der Waals surface area contributed by atoms with Crippen LogP contribution in [0.2, 0.25) is 0 Å². The lowest BCUT2D eigenvalue weighted by molar-refractivity contribution is -0.157. The number of hydrogen-bond acceptors (Lipinski definition) is 2. The van der Waals surface area contributed by atoms with Crippen LogP contribution < -0.4 is 0 Å². The van der Waals surface area contributed by atoms with Crippen LogP contribution in [0.4, 0.5) is 0 Å². The number of likely N-dealkylation sites (N-methyl/N-ethyl adjacent to an activating group) is 1. The predicted molar refractivity (Wildman–Crippen MR) is 78.7 cm³/mol. The Labute approximate surface area is 122 Å². The van der Waals surface area contributed by atoms with E-state index in [1.807, 2.05) is 25.1 Å². The van der Waals surface area contributed by atoms with Gasteiger partial charge in [-0.25, -0.2) is 0 Å². The first kappa shape index (κ1) is 12.4. The molecule has 3 heterocycles. The van der Waals surface area contributed by atoms with Gasteiger partial charge in [0.2, 0.25) is 11.8 Å². The quantitative estimate of drug-likeness (QED) is 0.795. The number of nitrogens with one attached hydrogen (secondary N) is 1. The third-order valence-electron chi connectivity index (χ3n) is 4.74. The molecule has 1 N–H and O–H groups in total. The lowest BCUT2D eigenvalue weighted by Gasteiger charge is -2.45. The van der Waals surface area contributed by atoms with Crippen molar-refractivity contribution >= 4 is 22.7 Å². The lowest BCUT2D eigenvalue weighted by Crippen LogP contribution is -2.61. The number of benzene rings is 1. The van der Waals surface area contributed by atoms with Crippen molar-refractivity contribution in [3.05, 3.63) is 35.5 Å². The van der Waals surface area contributed by atoms with Crippen molar-refractivity contribution in [1.82, 2.24) is 14.8 Å². The first-order valence-electron chi connectivity index (χ1n) is 7.23. The van der Waals surface area contributed by atoms with Crippen LogP contribution in [-0.2, 0) is 16.0 Å². The molecule has 2 aliphatic rings. The van der Waals surface area contributed by atoms with E-state index in [0.29, 0.717) is 6.42 Å². The number of amides is 2. The van der Waals surface area contributed by atoms with Gasteiger partial charge in [-0.15, -0.1) is 0 Å². The van der Waals surface area contributed by atoms with Crippen molar-refractivity contribution in [2.45, 2.75) is 25.4 Å². The third kappa shape index (κ3) is 1.57. The monoisotopic (exact) mass is 283 g/mol. The fourth-order valence-electron chi connectivity index (χ4n) is 3.71. The molecule has 1 aromatic heterocycles. The number of rotatable bonds is 0. The van der Waals surface area contributed by atoms with Gasteiger partial charge in [0.25, 0.3) is 0 Å². The zero-order valence-corrected chi connectivity index (χ0v) is 12.1. The zero-order chi connectivity index (χ0) is 14.7. The molecular formula is C16H17N3O2. The summed E-state index contributed by atoms with van der Waals surface area (Å²) in [6.07, 6.45) is 0.596. The maximum absolute atomic E-state index is 12.4. The highest BCUT2D eigenvalue weighted by molar-refractivity contribution is 5.97. The highest BCUT2D eigenvalue weighted by Gasteiger charge is 2.45. The molecule has 0 aliphatic carbocycles. The third-order valence-corrected chi connectivity index (χ3v) is 4.74. The van der Waals surface area contributed by atoms with Crippen LogP contribution >= 0.6 is 0 Å². The Morgan fingerprint density at radius 2 is 2.00 bits per heavy atom. The number of aromatic amines is 1. The van der Waals surface area contributed by atoms with Gasteiger partial charge in [-0.05, 0) is 18.6 Å². The van der Waals surface area contributed by atoms with Crippen LogP contribution in [0.15, 0.2) is 24.3 Å². The fraction of sp³-hybridized carbons (Fsp3) is 0.375. The van der Waals surface area contributed by atoms with E-state index in [9.17, 15) is 9.59 Å². The van der Waals surface area contributed by atoms with Crippen LogP contribution in [0, 0.1) is 0 Å². The van der Waals surface area contributed by atoms with Crippen molar-refractivity contribution in [1.29, 1.82) is 0 Å². The Morgan fingerprint density at radius 3 is 2.81 bits per heavy atom. The highest BCUT2D eigenvalue weighted by Crippen LogP contribution is 2.38. The average Bonchev–Trinajstić information content (AvgIpc) is 2.84. The van der Waals surface area contributed by atoms with E-state index in [0.717, 1.165) is 16.6 Å². The van der Waals surface area contributed by atoms with Crippen LogP contribution in [0.25, 0.3) is 10.9 Å². The molecule has 21 heavy (non-hydrogen) atoms. The molecule has 5 heteroatoms. The minimum Gasteiger partial charge on any atom is -0.356 e.